The third-order valence-corrected chi connectivity index (χ3v) is 4.58. The number of hydrogen-bond acceptors (Lipinski definition) is 5. The number of amides is 1. The molecule has 20 heavy (non-hydrogen) atoms. The van der Waals surface area contributed by atoms with Crippen LogP contribution in [0.4, 0.5) is 5.69 Å². The monoisotopic (exact) mass is 296 g/mol. The van der Waals surface area contributed by atoms with Crippen molar-refractivity contribution in [2.24, 2.45) is 5.41 Å². The van der Waals surface area contributed by atoms with Crippen LogP contribution in [0.15, 0.2) is 11.4 Å². The summed E-state index contributed by atoms with van der Waals surface area (Å²) in [7, 11) is 1.33. The van der Waals surface area contributed by atoms with E-state index in [1.165, 1.54) is 18.4 Å². The molecule has 2 rings (SSSR count). The average Bonchev–Trinajstić information content (AvgIpc) is 2.85. The van der Waals surface area contributed by atoms with Gasteiger partial charge in [-0.1, -0.05) is 13.8 Å². The Morgan fingerprint density at radius 1 is 1.50 bits per heavy atom. The Morgan fingerprint density at radius 3 is 2.90 bits per heavy atom. The van der Waals surface area contributed by atoms with Crippen molar-refractivity contribution in [3.63, 3.8) is 0 Å². The second-order valence-electron chi connectivity index (χ2n) is 5.62. The molecule has 5 nitrogen and oxygen atoms in total. The van der Waals surface area contributed by atoms with Gasteiger partial charge in [0.1, 0.15) is 4.88 Å². The first-order chi connectivity index (χ1) is 9.45. The van der Waals surface area contributed by atoms with Gasteiger partial charge in [-0.3, -0.25) is 4.79 Å². The van der Waals surface area contributed by atoms with Crippen molar-refractivity contribution in [3.8, 4) is 0 Å². The molecule has 1 fully saturated rings. The van der Waals surface area contributed by atoms with Gasteiger partial charge in [0, 0.05) is 0 Å². The molecule has 1 unspecified atom stereocenters. The molecule has 6 heteroatoms. The molecule has 1 aliphatic heterocycles. The number of esters is 1. The number of hydrogen-bond donors (Lipinski definition) is 2. The fraction of sp³-hybridized carbons (Fsp3) is 0.571. The van der Waals surface area contributed by atoms with Crippen LogP contribution in [0, 0.1) is 5.41 Å². The number of ether oxygens (including phenoxy) is 1. The van der Waals surface area contributed by atoms with Crippen molar-refractivity contribution in [1.82, 2.24) is 5.32 Å². The van der Waals surface area contributed by atoms with E-state index in [1.54, 1.807) is 11.4 Å². The van der Waals surface area contributed by atoms with Crippen LogP contribution in [0.3, 0.4) is 0 Å². The molecule has 1 aromatic rings. The maximum absolute atomic E-state index is 12.4. The molecule has 1 aliphatic rings. The zero-order chi connectivity index (χ0) is 14.8. The van der Waals surface area contributed by atoms with E-state index < -0.39 is 5.97 Å². The third-order valence-electron chi connectivity index (χ3n) is 3.68. The van der Waals surface area contributed by atoms with Gasteiger partial charge in [-0.15, -0.1) is 11.3 Å². The summed E-state index contributed by atoms with van der Waals surface area (Å²) in [5, 5.41) is 7.86. The topological polar surface area (TPSA) is 67.4 Å². The highest BCUT2D eigenvalue weighted by molar-refractivity contribution is 7.12. The van der Waals surface area contributed by atoms with E-state index in [2.05, 4.69) is 24.5 Å². The van der Waals surface area contributed by atoms with Crippen molar-refractivity contribution in [3.05, 3.63) is 16.3 Å². The van der Waals surface area contributed by atoms with Gasteiger partial charge in [0.15, 0.2) is 0 Å². The van der Waals surface area contributed by atoms with Crippen LogP contribution in [-0.4, -0.2) is 31.6 Å². The van der Waals surface area contributed by atoms with Crippen LogP contribution in [0.25, 0.3) is 0 Å². The van der Waals surface area contributed by atoms with E-state index in [9.17, 15) is 9.59 Å². The van der Waals surface area contributed by atoms with Crippen molar-refractivity contribution in [2.45, 2.75) is 32.7 Å². The molecule has 0 aromatic carbocycles. The van der Waals surface area contributed by atoms with Gasteiger partial charge in [0.2, 0.25) is 5.91 Å². The van der Waals surface area contributed by atoms with E-state index in [-0.39, 0.29) is 17.4 Å². The van der Waals surface area contributed by atoms with Gasteiger partial charge >= 0.3 is 5.97 Å². The first-order valence-electron chi connectivity index (χ1n) is 6.66. The average molecular weight is 296 g/mol. The Morgan fingerprint density at radius 2 is 2.25 bits per heavy atom. The second-order valence-corrected chi connectivity index (χ2v) is 6.54. The van der Waals surface area contributed by atoms with Crippen molar-refractivity contribution >= 4 is 28.9 Å². The summed E-state index contributed by atoms with van der Waals surface area (Å²) in [6.45, 7) is 5.01. The number of rotatable bonds is 3. The number of piperidine rings is 1. The largest absolute Gasteiger partial charge is 0.465 e. The summed E-state index contributed by atoms with van der Waals surface area (Å²) in [6, 6.07) is 1.48. The van der Waals surface area contributed by atoms with Gasteiger partial charge in [-0.2, -0.15) is 0 Å². The fourth-order valence-corrected chi connectivity index (χ4v) is 3.29. The lowest BCUT2D eigenvalue weighted by Gasteiger charge is -2.38. The zero-order valence-electron chi connectivity index (χ0n) is 12.0. The first kappa shape index (κ1) is 15.0. The highest BCUT2D eigenvalue weighted by Crippen LogP contribution is 2.31. The lowest BCUT2D eigenvalue weighted by Crippen LogP contribution is -2.53. The van der Waals surface area contributed by atoms with Crippen molar-refractivity contribution in [2.75, 3.05) is 19.0 Å². The Hall–Kier alpha value is -1.40. The van der Waals surface area contributed by atoms with E-state index in [4.69, 9.17) is 4.74 Å². The summed E-state index contributed by atoms with van der Waals surface area (Å²) in [5.41, 5.74) is 0.430. The Kier molecular flexibility index (Phi) is 4.45. The van der Waals surface area contributed by atoms with Gasteiger partial charge in [0.05, 0.1) is 18.8 Å². The molecule has 1 saturated heterocycles. The van der Waals surface area contributed by atoms with Crippen LogP contribution >= 0.6 is 11.3 Å². The van der Waals surface area contributed by atoms with Crippen LogP contribution in [0.1, 0.15) is 36.4 Å². The van der Waals surface area contributed by atoms with E-state index in [1.807, 2.05) is 0 Å². The number of thiophene rings is 1. The third kappa shape index (κ3) is 3.02. The lowest BCUT2D eigenvalue weighted by molar-refractivity contribution is -0.121. The van der Waals surface area contributed by atoms with Crippen LogP contribution in [-0.2, 0) is 9.53 Å². The number of methoxy groups -OCH3 is 1. The minimum atomic E-state index is -0.425. The summed E-state index contributed by atoms with van der Waals surface area (Å²) >= 11 is 1.26. The molecular formula is C14H20N2O3S. The van der Waals surface area contributed by atoms with Gasteiger partial charge in [-0.05, 0) is 36.2 Å². The Bertz CT molecular complexity index is 510. The molecule has 0 aliphatic carbocycles. The molecule has 0 radical (unpaired) electrons. The summed E-state index contributed by atoms with van der Waals surface area (Å²) in [6.07, 6.45) is 2.08. The van der Waals surface area contributed by atoms with Gasteiger partial charge < -0.3 is 15.4 Å². The van der Waals surface area contributed by atoms with Crippen molar-refractivity contribution < 1.29 is 14.3 Å². The predicted molar refractivity (Wildman–Crippen MR) is 79.1 cm³/mol. The number of carbonyl (C=O) groups excluding carboxylic acids is 2. The molecule has 0 saturated carbocycles. The Balaban J connectivity index is 2.12. The molecule has 0 spiro atoms. The zero-order valence-corrected chi connectivity index (χ0v) is 12.8. The molecule has 1 aromatic heterocycles. The molecule has 2 heterocycles. The lowest BCUT2D eigenvalue weighted by atomic mass is 9.77. The molecule has 110 valence electrons. The van der Waals surface area contributed by atoms with Crippen molar-refractivity contribution in [1.29, 1.82) is 0 Å². The summed E-state index contributed by atoms with van der Waals surface area (Å²) in [4.78, 5) is 24.5. The minimum absolute atomic E-state index is 0.0935. The fourth-order valence-electron chi connectivity index (χ4n) is 2.52. The number of anilines is 1. The summed E-state index contributed by atoms with van der Waals surface area (Å²) < 4.78 is 4.71. The molecular weight excluding hydrogens is 276 g/mol. The maximum atomic E-state index is 12.4. The maximum Gasteiger partial charge on any atom is 0.350 e. The van der Waals surface area contributed by atoms with E-state index >= 15 is 0 Å². The molecule has 1 atom stereocenters. The van der Waals surface area contributed by atoms with Crippen LogP contribution in [0.5, 0.6) is 0 Å². The van der Waals surface area contributed by atoms with E-state index in [0.29, 0.717) is 10.6 Å². The molecule has 1 amide bonds. The highest BCUT2D eigenvalue weighted by atomic mass is 32.1. The predicted octanol–water partition coefficient (Wildman–Crippen LogP) is 2.25. The standard InChI is InChI=1S/C14H20N2O3S/c1-14(2)6-4-7-15-11(14)12(17)16-9-5-8-20-10(9)13(18)19-3/h5,8,11,15H,4,6-7H2,1-3H3,(H,16,17). The first-order valence-corrected chi connectivity index (χ1v) is 7.54. The van der Waals surface area contributed by atoms with Gasteiger partial charge in [-0.25, -0.2) is 4.79 Å². The second kappa shape index (κ2) is 5.93. The van der Waals surface area contributed by atoms with Crippen LogP contribution in [0.2, 0.25) is 0 Å². The molecule has 2 N–H and O–H groups in total. The smallest absolute Gasteiger partial charge is 0.350 e. The molecule has 0 bridgehead atoms. The highest BCUT2D eigenvalue weighted by Gasteiger charge is 2.37. The quantitative estimate of drug-likeness (QED) is 0.840. The Labute approximate surface area is 122 Å². The van der Waals surface area contributed by atoms with Gasteiger partial charge in [0.25, 0.3) is 0 Å². The normalized spacial score (nSPS) is 21.2. The number of nitrogens with one attached hydrogen (secondary N) is 2. The SMILES string of the molecule is COC(=O)c1sccc1NC(=O)C1NCCCC1(C)C. The van der Waals surface area contributed by atoms with E-state index in [0.717, 1.165) is 19.4 Å². The summed E-state index contributed by atoms with van der Waals surface area (Å²) in [5.74, 6) is -0.524. The van der Waals surface area contributed by atoms with Crippen LogP contribution < -0.4 is 10.6 Å². The minimum Gasteiger partial charge on any atom is -0.465 e. The number of carbonyl (C=O) groups is 2.